The number of benzene rings is 1. The van der Waals surface area contributed by atoms with Gasteiger partial charge in [0.05, 0.1) is 0 Å². The summed E-state index contributed by atoms with van der Waals surface area (Å²) in [6, 6.07) is 4.80. The number of ether oxygens (including phenoxy) is 1. The smallest absolute Gasteiger partial charge is 0.387 e. The molecule has 0 radical (unpaired) electrons. The van der Waals surface area contributed by atoms with Gasteiger partial charge in [-0.25, -0.2) is 4.79 Å². The van der Waals surface area contributed by atoms with Crippen LogP contribution in [0.1, 0.15) is 32.6 Å². The minimum atomic E-state index is -2.93. The normalized spacial score (nSPS) is 25.0. The maximum absolute atomic E-state index is 12.8. The summed E-state index contributed by atoms with van der Waals surface area (Å²) >= 11 is 0. The fourth-order valence-corrected chi connectivity index (χ4v) is 3.70. The van der Waals surface area contributed by atoms with Gasteiger partial charge in [-0.3, -0.25) is 14.5 Å². The van der Waals surface area contributed by atoms with Gasteiger partial charge in [0, 0.05) is 5.69 Å². The van der Waals surface area contributed by atoms with Crippen molar-refractivity contribution >= 4 is 23.5 Å². The summed E-state index contributed by atoms with van der Waals surface area (Å²) < 4.78 is 28.5. The number of hydrogen-bond acceptors (Lipinski definition) is 4. The SMILES string of the molecule is C[C@H]1CCCC[C@@]12NC(=O)N(CC(=O)Nc1ccc(OC(F)F)cc1)C2=O. The number of nitrogens with one attached hydrogen (secondary N) is 2. The molecule has 2 aliphatic rings. The number of anilines is 1. The lowest BCUT2D eigenvalue weighted by Crippen LogP contribution is -2.54. The molecule has 27 heavy (non-hydrogen) atoms. The molecule has 7 nitrogen and oxygen atoms in total. The third kappa shape index (κ3) is 3.86. The van der Waals surface area contributed by atoms with Crippen LogP contribution in [-0.2, 0) is 9.59 Å². The van der Waals surface area contributed by atoms with Crippen LogP contribution in [0.2, 0.25) is 0 Å². The molecule has 2 atom stereocenters. The molecule has 1 aromatic carbocycles. The fourth-order valence-electron chi connectivity index (χ4n) is 3.70. The lowest BCUT2D eigenvalue weighted by Gasteiger charge is -2.36. The number of urea groups is 1. The van der Waals surface area contributed by atoms with Crippen molar-refractivity contribution in [1.29, 1.82) is 0 Å². The van der Waals surface area contributed by atoms with Crippen LogP contribution >= 0.6 is 0 Å². The van der Waals surface area contributed by atoms with Gasteiger partial charge in [-0.2, -0.15) is 8.78 Å². The number of hydrogen-bond donors (Lipinski definition) is 2. The second-order valence-electron chi connectivity index (χ2n) is 6.89. The van der Waals surface area contributed by atoms with Gasteiger partial charge in [0.1, 0.15) is 17.8 Å². The zero-order valence-electron chi connectivity index (χ0n) is 14.8. The van der Waals surface area contributed by atoms with Gasteiger partial charge in [0.25, 0.3) is 5.91 Å². The molecule has 3 rings (SSSR count). The van der Waals surface area contributed by atoms with Gasteiger partial charge in [0.15, 0.2) is 0 Å². The largest absolute Gasteiger partial charge is 0.435 e. The molecule has 1 aliphatic carbocycles. The number of amides is 4. The Morgan fingerprint density at radius 1 is 1.33 bits per heavy atom. The summed E-state index contributed by atoms with van der Waals surface area (Å²) in [7, 11) is 0. The number of imide groups is 1. The first-order valence-electron chi connectivity index (χ1n) is 8.80. The van der Waals surface area contributed by atoms with Crippen molar-refractivity contribution < 1.29 is 27.9 Å². The lowest BCUT2D eigenvalue weighted by atomic mass is 9.73. The third-order valence-electron chi connectivity index (χ3n) is 5.17. The average molecular weight is 381 g/mol. The second-order valence-corrected chi connectivity index (χ2v) is 6.89. The number of rotatable bonds is 5. The number of nitrogens with zero attached hydrogens (tertiary/aromatic N) is 1. The van der Waals surface area contributed by atoms with E-state index in [2.05, 4.69) is 15.4 Å². The summed E-state index contributed by atoms with van der Waals surface area (Å²) in [6.45, 7) is -1.40. The number of carbonyl (C=O) groups is 3. The first-order chi connectivity index (χ1) is 12.8. The van der Waals surface area contributed by atoms with Crippen molar-refractivity contribution in [1.82, 2.24) is 10.2 Å². The van der Waals surface area contributed by atoms with E-state index in [1.54, 1.807) is 0 Å². The monoisotopic (exact) mass is 381 g/mol. The number of carbonyl (C=O) groups excluding carboxylic acids is 3. The standard InChI is InChI=1S/C18H21F2N3O4/c1-11-4-2-3-9-18(11)15(25)23(17(26)22-18)10-14(24)21-12-5-7-13(8-6-12)27-16(19)20/h5-8,11,16H,2-4,9-10H2,1H3,(H,21,24)(H,22,26)/t11-,18+/m0/s1. The molecule has 2 fully saturated rings. The summed E-state index contributed by atoms with van der Waals surface area (Å²) in [6.07, 6.45) is 3.28. The van der Waals surface area contributed by atoms with Crippen LogP contribution in [-0.4, -0.2) is 41.4 Å². The average Bonchev–Trinajstić information content (AvgIpc) is 2.84. The topological polar surface area (TPSA) is 87.7 Å². The Balaban J connectivity index is 1.62. The van der Waals surface area contributed by atoms with E-state index in [-0.39, 0.29) is 17.6 Å². The van der Waals surface area contributed by atoms with Gasteiger partial charge in [-0.15, -0.1) is 0 Å². The summed E-state index contributed by atoms with van der Waals surface area (Å²) in [5, 5.41) is 5.32. The van der Waals surface area contributed by atoms with Crippen LogP contribution in [0.3, 0.4) is 0 Å². The first-order valence-corrected chi connectivity index (χ1v) is 8.80. The molecule has 2 N–H and O–H groups in total. The van der Waals surface area contributed by atoms with Gasteiger partial charge in [-0.1, -0.05) is 19.8 Å². The quantitative estimate of drug-likeness (QED) is 0.768. The Bertz CT molecular complexity index is 741. The van der Waals surface area contributed by atoms with E-state index in [0.717, 1.165) is 24.2 Å². The number of alkyl halides is 2. The van der Waals surface area contributed by atoms with Crippen LogP contribution in [0, 0.1) is 5.92 Å². The maximum atomic E-state index is 12.8. The minimum absolute atomic E-state index is 0.0122. The fraction of sp³-hybridized carbons (Fsp3) is 0.500. The molecule has 9 heteroatoms. The molecule has 1 saturated carbocycles. The van der Waals surface area contributed by atoms with E-state index in [1.165, 1.54) is 24.3 Å². The molecule has 1 saturated heterocycles. The van der Waals surface area contributed by atoms with E-state index < -0.39 is 30.6 Å². The van der Waals surface area contributed by atoms with E-state index in [0.29, 0.717) is 12.1 Å². The Morgan fingerprint density at radius 2 is 2.04 bits per heavy atom. The molecular weight excluding hydrogens is 360 g/mol. The van der Waals surface area contributed by atoms with Crippen LogP contribution in [0.4, 0.5) is 19.3 Å². The minimum Gasteiger partial charge on any atom is -0.435 e. The number of halogens is 2. The predicted octanol–water partition coefficient (Wildman–Crippen LogP) is 2.73. The lowest BCUT2D eigenvalue weighted by molar-refractivity contribution is -0.136. The van der Waals surface area contributed by atoms with Crippen molar-refractivity contribution in [3.63, 3.8) is 0 Å². The molecule has 1 aromatic rings. The van der Waals surface area contributed by atoms with Crippen molar-refractivity contribution in [3.8, 4) is 5.75 Å². The van der Waals surface area contributed by atoms with Crippen LogP contribution in [0.5, 0.6) is 5.75 Å². The van der Waals surface area contributed by atoms with Crippen molar-refractivity contribution in [2.24, 2.45) is 5.92 Å². The van der Waals surface area contributed by atoms with Crippen LogP contribution in [0.15, 0.2) is 24.3 Å². The highest BCUT2D eigenvalue weighted by Gasteiger charge is 2.55. The highest BCUT2D eigenvalue weighted by atomic mass is 19.3. The molecule has 1 spiro atoms. The Labute approximate surface area is 155 Å². The molecule has 1 heterocycles. The van der Waals surface area contributed by atoms with Crippen LogP contribution < -0.4 is 15.4 Å². The van der Waals surface area contributed by atoms with Crippen molar-refractivity contribution in [3.05, 3.63) is 24.3 Å². The van der Waals surface area contributed by atoms with E-state index in [9.17, 15) is 23.2 Å². The molecular formula is C18H21F2N3O4. The van der Waals surface area contributed by atoms with E-state index in [1.807, 2.05) is 6.92 Å². The van der Waals surface area contributed by atoms with Gasteiger partial charge < -0.3 is 15.4 Å². The molecule has 0 bridgehead atoms. The second kappa shape index (κ2) is 7.50. The highest BCUT2D eigenvalue weighted by Crippen LogP contribution is 2.38. The van der Waals surface area contributed by atoms with Gasteiger partial charge >= 0.3 is 12.6 Å². The van der Waals surface area contributed by atoms with Crippen LogP contribution in [0.25, 0.3) is 0 Å². The Kier molecular flexibility index (Phi) is 5.29. The van der Waals surface area contributed by atoms with E-state index >= 15 is 0 Å². The zero-order valence-corrected chi connectivity index (χ0v) is 14.8. The molecule has 0 unspecified atom stereocenters. The molecule has 0 aromatic heterocycles. The molecule has 4 amide bonds. The van der Waals surface area contributed by atoms with Gasteiger partial charge in [-0.05, 0) is 43.0 Å². The summed E-state index contributed by atoms with van der Waals surface area (Å²) in [4.78, 5) is 38.3. The zero-order chi connectivity index (χ0) is 19.6. The van der Waals surface area contributed by atoms with E-state index in [4.69, 9.17) is 0 Å². The summed E-state index contributed by atoms with van der Waals surface area (Å²) in [5.74, 6) is -0.944. The van der Waals surface area contributed by atoms with Gasteiger partial charge in [0.2, 0.25) is 5.91 Å². The Morgan fingerprint density at radius 3 is 2.67 bits per heavy atom. The van der Waals surface area contributed by atoms with Crippen molar-refractivity contribution in [2.75, 3.05) is 11.9 Å². The predicted molar refractivity (Wildman–Crippen MR) is 92.3 cm³/mol. The molecule has 146 valence electrons. The molecule has 1 aliphatic heterocycles. The van der Waals surface area contributed by atoms with Crippen molar-refractivity contribution in [2.45, 2.75) is 44.8 Å². The Hall–Kier alpha value is -2.71. The third-order valence-corrected chi connectivity index (χ3v) is 5.17. The summed E-state index contributed by atoms with van der Waals surface area (Å²) in [5.41, 5.74) is -0.571. The highest BCUT2D eigenvalue weighted by molar-refractivity contribution is 6.10. The first kappa shape index (κ1) is 19.1. The maximum Gasteiger partial charge on any atom is 0.387 e.